The molecule has 4 nitrogen and oxygen atoms in total. The van der Waals surface area contributed by atoms with Crippen molar-refractivity contribution in [2.45, 2.75) is 78.2 Å². The molecule has 4 heteroatoms. The largest absolute Gasteiger partial charge is 0.392 e. The van der Waals surface area contributed by atoms with Crippen molar-refractivity contribution < 1.29 is 9.74 Å². The second-order valence-corrected chi connectivity index (χ2v) is 10.1. The van der Waals surface area contributed by atoms with Crippen molar-refractivity contribution in [3.63, 3.8) is 0 Å². The lowest BCUT2D eigenvalue weighted by molar-refractivity contribution is -0.113. The van der Waals surface area contributed by atoms with E-state index in [1.165, 1.54) is 32.1 Å². The first kappa shape index (κ1) is 16.3. The number of hydrogen-bond acceptors (Lipinski definition) is 4. The number of aromatic nitrogens is 2. The lowest BCUT2D eigenvalue weighted by Gasteiger charge is -2.59. The first-order chi connectivity index (χ1) is 12.0. The summed E-state index contributed by atoms with van der Waals surface area (Å²) < 4.78 is 5.05. The molecule has 0 bridgehead atoms. The van der Waals surface area contributed by atoms with Crippen LogP contribution in [0.2, 0.25) is 0 Å². The molecule has 0 aliphatic heterocycles. The Hall–Kier alpha value is -0.900. The van der Waals surface area contributed by atoms with Gasteiger partial charge in [-0.25, -0.2) is 4.63 Å². The molecule has 4 aliphatic rings. The van der Waals surface area contributed by atoms with Gasteiger partial charge in [-0.2, -0.15) is 0 Å². The number of fused-ring (bicyclic) bond motifs is 6. The fourth-order valence-electron chi connectivity index (χ4n) is 7.80. The molecule has 3 fully saturated rings. The summed E-state index contributed by atoms with van der Waals surface area (Å²) in [4.78, 5) is 0. The van der Waals surface area contributed by atoms with E-state index in [4.69, 9.17) is 4.63 Å². The molecule has 6 unspecified atom stereocenters. The first-order valence-corrected chi connectivity index (χ1v) is 10.5. The maximum atomic E-state index is 11.0. The van der Waals surface area contributed by atoms with Crippen molar-refractivity contribution in [3.05, 3.63) is 11.4 Å². The second kappa shape index (κ2) is 5.31. The van der Waals surface area contributed by atoms with E-state index in [0.29, 0.717) is 17.3 Å². The van der Waals surface area contributed by atoms with E-state index in [0.717, 1.165) is 48.4 Å². The molecule has 1 aromatic rings. The zero-order chi connectivity index (χ0) is 17.4. The summed E-state index contributed by atoms with van der Waals surface area (Å²) in [5, 5.41) is 19.4. The van der Waals surface area contributed by atoms with Gasteiger partial charge in [-0.3, -0.25) is 0 Å². The van der Waals surface area contributed by atoms with Gasteiger partial charge in [0.2, 0.25) is 0 Å². The molecular formula is C21H32N2O2. The van der Waals surface area contributed by atoms with E-state index in [1.807, 2.05) is 0 Å². The first-order valence-electron chi connectivity index (χ1n) is 10.5. The molecule has 3 saturated carbocycles. The van der Waals surface area contributed by atoms with Crippen molar-refractivity contribution in [1.82, 2.24) is 10.3 Å². The molecule has 8 atom stereocenters. The smallest absolute Gasteiger partial charge is 0.108 e. The fourth-order valence-corrected chi connectivity index (χ4v) is 7.80. The third-order valence-electron chi connectivity index (χ3n) is 9.33. The van der Waals surface area contributed by atoms with E-state index < -0.39 is 0 Å². The fraction of sp³-hybridized carbons (Fsp3) is 0.905. The van der Waals surface area contributed by atoms with Gasteiger partial charge in [0.1, 0.15) is 11.4 Å². The molecule has 1 heterocycles. The molecule has 4 aliphatic carbocycles. The summed E-state index contributed by atoms with van der Waals surface area (Å²) in [5.74, 6) is 3.51. The predicted molar refractivity (Wildman–Crippen MR) is 94.8 cm³/mol. The van der Waals surface area contributed by atoms with Gasteiger partial charge < -0.3 is 5.11 Å². The van der Waals surface area contributed by atoms with Crippen molar-refractivity contribution >= 4 is 0 Å². The summed E-state index contributed by atoms with van der Waals surface area (Å²) >= 11 is 0. The molecule has 0 spiro atoms. The van der Waals surface area contributed by atoms with Gasteiger partial charge >= 0.3 is 0 Å². The maximum absolute atomic E-state index is 11.0. The predicted octanol–water partition coefficient (Wildman–Crippen LogP) is 4.02. The highest BCUT2D eigenvalue weighted by Gasteiger charge is 2.62. The summed E-state index contributed by atoms with van der Waals surface area (Å²) in [7, 11) is 0. The van der Waals surface area contributed by atoms with Gasteiger partial charge in [-0.05, 0) is 78.9 Å². The molecule has 0 radical (unpaired) electrons. The zero-order valence-electron chi connectivity index (χ0n) is 15.9. The van der Waals surface area contributed by atoms with Crippen LogP contribution in [0.5, 0.6) is 0 Å². The Morgan fingerprint density at radius 3 is 2.68 bits per heavy atom. The Morgan fingerprint density at radius 1 is 1.08 bits per heavy atom. The third-order valence-corrected chi connectivity index (χ3v) is 9.33. The standard InChI is InChI=1S/C21H32N2O2/c1-4-12-9-16-14-6-5-13-10-17-18(23-25-22-17)11-21(13,3)15(14)7-8-20(16,2)19(12)24/h12-16,19,24H,4-11H2,1-3H3/t12?,13-,14?,15?,16?,19-,20?,21?/m0/s1. The van der Waals surface area contributed by atoms with E-state index in [9.17, 15) is 5.11 Å². The number of rotatable bonds is 1. The summed E-state index contributed by atoms with van der Waals surface area (Å²) in [5.41, 5.74) is 2.72. The molecule has 1 N–H and O–H groups in total. The summed E-state index contributed by atoms with van der Waals surface area (Å²) in [6.45, 7) is 7.17. The minimum atomic E-state index is -0.0910. The van der Waals surface area contributed by atoms with Crippen molar-refractivity contribution in [3.8, 4) is 0 Å². The normalized spacial score (nSPS) is 51.4. The van der Waals surface area contributed by atoms with E-state index in [1.54, 1.807) is 0 Å². The molecule has 1 aromatic heterocycles. The van der Waals surface area contributed by atoms with Crippen LogP contribution in [-0.2, 0) is 12.8 Å². The number of aliphatic hydroxyl groups is 1. The minimum absolute atomic E-state index is 0.0910. The molecule has 138 valence electrons. The second-order valence-electron chi connectivity index (χ2n) is 10.1. The Morgan fingerprint density at radius 2 is 1.88 bits per heavy atom. The monoisotopic (exact) mass is 344 g/mol. The van der Waals surface area contributed by atoms with Crippen LogP contribution in [0.15, 0.2) is 4.63 Å². The number of nitrogens with zero attached hydrogens (tertiary/aromatic N) is 2. The van der Waals surface area contributed by atoms with Crippen LogP contribution in [0.3, 0.4) is 0 Å². The third kappa shape index (κ3) is 2.03. The van der Waals surface area contributed by atoms with Gasteiger partial charge in [0.05, 0.1) is 6.10 Å². The van der Waals surface area contributed by atoms with Crippen molar-refractivity contribution in [2.75, 3.05) is 0 Å². The van der Waals surface area contributed by atoms with Crippen LogP contribution in [0.4, 0.5) is 0 Å². The lowest BCUT2D eigenvalue weighted by Crippen LogP contribution is -2.54. The summed E-state index contributed by atoms with van der Waals surface area (Å²) in [6.07, 6.45) is 9.50. The topological polar surface area (TPSA) is 59.2 Å². The molecule has 5 rings (SSSR count). The Bertz CT molecular complexity index is 673. The number of hydrogen-bond donors (Lipinski definition) is 1. The van der Waals surface area contributed by atoms with Crippen LogP contribution in [0.1, 0.15) is 70.7 Å². The van der Waals surface area contributed by atoms with Gasteiger partial charge in [-0.15, -0.1) is 0 Å². The molecule has 25 heavy (non-hydrogen) atoms. The van der Waals surface area contributed by atoms with Crippen LogP contribution in [0, 0.1) is 40.4 Å². The highest BCUT2D eigenvalue weighted by atomic mass is 16.6. The van der Waals surface area contributed by atoms with Crippen molar-refractivity contribution in [2.24, 2.45) is 40.4 Å². The average molecular weight is 344 g/mol. The highest BCUT2D eigenvalue weighted by molar-refractivity contribution is 5.21. The van der Waals surface area contributed by atoms with Gasteiger partial charge in [0.15, 0.2) is 0 Å². The zero-order valence-corrected chi connectivity index (χ0v) is 15.9. The van der Waals surface area contributed by atoms with E-state index in [2.05, 4.69) is 31.1 Å². The molecule has 0 saturated heterocycles. The number of aliphatic hydroxyl groups excluding tert-OH is 1. The SMILES string of the molecule is CCC1CC2C3CC[C@H]4Cc5nonc5CC4(C)C3CCC2(C)[C@H]1O. The van der Waals surface area contributed by atoms with Crippen LogP contribution in [0.25, 0.3) is 0 Å². The van der Waals surface area contributed by atoms with E-state index >= 15 is 0 Å². The highest BCUT2D eigenvalue weighted by Crippen LogP contribution is 2.66. The van der Waals surface area contributed by atoms with Crippen LogP contribution < -0.4 is 0 Å². The van der Waals surface area contributed by atoms with Crippen LogP contribution >= 0.6 is 0 Å². The summed E-state index contributed by atoms with van der Waals surface area (Å²) in [6, 6.07) is 0. The van der Waals surface area contributed by atoms with E-state index in [-0.39, 0.29) is 11.5 Å². The van der Waals surface area contributed by atoms with Gasteiger partial charge in [0, 0.05) is 6.42 Å². The van der Waals surface area contributed by atoms with Gasteiger partial charge in [-0.1, -0.05) is 37.5 Å². The molecule has 0 amide bonds. The molecular weight excluding hydrogens is 312 g/mol. The average Bonchev–Trinajstić information content (AvgIpc) is 3.14. The van der Waals surface area contributed by atoms with Crippen molar-refractivity contribution in [1.29, 1.82) is 0 Å². The lowest BCUT2D eigenvalue weighted by atomic mass is 9.45. The van der Waals surface area contributed by atoms with Gasteiger partial charge in [0.25, 0.3) is 0 Å². The maximum Gasteiger partial charge on any atom is 0.108 e. The molecule has 0 aromatic carbocycles. The minimum Gasteiger partial charge on any atom is -0.392 e. The van der Waals surface area contributed by atoms with Crippen LogP contribution in [-0.4, -0.2) is 21.5 Å². The quantitative estimate of drug-likeness (QED) is 0.836. The Labute approximate surface area is 150 Å². The Kier molecular flexibility index (Phi) is 3.46. The Balaban J connectivity index is 1.48.